The van der Waals surface area contributed by atoms with Crippen molar-refractivity contribution >= 4 is 15.7 Å². The summed E-state index contributed by atoms with van der Waals surface area (Å²) in [5.74, 6) is 1.13. The van der Waals surface area contributed by atoms with Gasteiger partial charge in [0.05, 0.1) is 23.5 Å². The van der Waals surface area contributed by atoms with Crippen LogP contribution in [0.25, 0.3) is 0 Å². The molecule has 0 unspecified atom stereocenters. The standard InChI is InChI=1S/C18H22N2O6S/c1-3-4-11-26-17-10-5-14(12-18(17)25-2)13-19-27(23,24)16-8-6-15(7-9-16)20(21)22/h5-10,12,19H,3-4,11,13H2,1-2H3. The van der Waals surface area contributed by atoms with Crippen LogP contribution in [0.5, 0.6) is 11.5 Å². The second-order valence-corrected chi connectivity index (χ2v) is 7.53. The fraction of sp³-hybridized carbons (Fsp3) is 0.333. The van der Waals surface area contributed by atoms with Crippen molar-refractivity contribution in [3.05, 3.63) is 58.1 Å². The third-order valence-electron chi connectivity index (χ3n) is 3.81. The highest BCUT2D eigenvalue weighted by Crippen LogP contribution is 2.28. The van der Waals surface area contributed by atoms with Gasteiger partial charge in [-0.15, -0.1) is 0 Å². The maximum atomic E-state index is 12.3. The van der Waals surface area contributed by atoms with Crippen molar-refractivity contribution in [3.8, 4) is 11.5 Å². The molecule has 1 N–H and O–H groups in total. The number of sulfonamides is 1. The van der Waals surface area contributed by atoms with Crippen LogP contribution in [0.1, 0.15) is 25.3 Å². The Hall–Kier alpha value is -2.65. The largest absolute Gasteiger partial charge is 0.493 e. The number of unbranched alkanes of at least 4 members (excludes halogenated alkanes) is 1. The van der Waals surface area contributed by atoms with E-state index in [9.17, 15) is 18.5 Å². The molecule has 2 aromatic carbocycles. The third-order valence-corrected chi connectivity index (χ3v) is 5.22. The predicted octanol–water partition coefficient (Wildman–Crippen LogP) is 3.26. The summed E-state index contributed by atoms with van der Waals surface area (Å²) in [4.78, 5) is 10.0. The van der Waals surface area contributed by atoms with Gasteiger partial charge in [0.2, 0.25) is 10.0 Å². The summed E-state index contributed by atoms with van der Waals surface area (Å²) in [7, 11) is -2.27. The van der Waals surface area contributed by atoms with Crippen LogP contribution in [0, 0.1) is 10.1 Å². The summed E-state index contributed by atoms with van der Waals surface area (Å²) < 4.78 is 38.1. The molecule has 0 aliphatic carbocycles. The smallest absolute Gasteiger partial charge is 0.269 e. The molecule has 2 aromatic rings. The van der Waals surface area contributed by atoms with Gasteiger partial charge >= 0.3 is 0 Å². The molecule has 0 aliphatic heterocycles. The number of nitrogens with one attached hydrogen (secondary N) is 1. The summed E-state index contributed by atoms with van der Waals surface area (Å²) in [5.41, 5.74) is 0.525. The molecule has 0 amide bonds. The third kappa shape index (κ3) is 5.66. The van der Waals surface area contributed by atoms with E-state index in [2.05, 4.69) is 11.6 Å². The molecule has 0 spiro atoms. The number of nitrogens with zero attached hydrogens (tertiary/aromatic N) is 1. The van der Waals surface area contributed by atoms with Crippen LogP contribution in [0.2, 0.25) is 0 Å². The van der Waals surface area contributed by atoms with Crippen molar-refractivity contribution in [2.75, 3.05) is 13.7 Å². The predicted molar refractivity (Wildman–Crippen MR) is 101 cm³/mol. The first-order valence-electron chi connectivity index (χ1n) is 8.41. The number of hydrogen-bond acceptors (Lipinski definition) is 6. The highest BCUT2D eigenvalue weighted by molar-refractivity contribution is 7.89. The van der Waals surface area contributed by atoms with Gasteiger partial charge in [-0.2, -0.15) is 0 Å². The van der Waals surface area contributed by atoms with Gasteiger partial charge in [-0.1, -0.05) is 19.4 Å². The van der Waals surface area contributed by atoms with Gasteiger partial charge < -0.3 is 9.47 Å². The zero-order chi connectivity index (χ0) is 19.9. The van der Waals surface area contributed by atoms with E-state index in [-0.39, 0.29) is 17.1 Å². The van der Waals surface area contributed by atoms with E-state index in [4.69, 9.17) is 9.47 Å². The Bertz CT molecular complexity index is 881. The van der Waals surface area contributed by atoms with Crippen LogP contribution >= 0.6 is 0 Å². The topological polar surface area (TPSA) is 108 Å². The Balaban J connectivity index is 2.07. The Morgan fingerprint density at radius 3 is 2.41 bits per heavy atom. The van der Waals surface area contributed by atoms with Gasteiger partial charge in [0, 0.05) is 18.7 Å². The lowest BCUT2D eigenvalue weighted by molar-refractivity contribution is -0.384. The van der Waals surface area contributed by atoms with Crippen molar-refractivity contribution in [2.24, 2.45) is 0 Å². The molecule has 0 fully saturated rings. The van der Waals surface area contributed by atoms with Crippen molar-refractivity contribution in [1.82, 2.24) is 4.72 Å². The number of non-ortho nitro benzene ring substituents is 1. The van der Waals surface area contributed by atoms with Gasteiger partial charge in [0.15, 0.2) is 11.5 Å². The molecule has 0 bridgehead atoms. The summed E-state index contributed by atoms with van der Waals surface area (Å²) >= 11 is 0. The SMILES string of the molecule is CCCCOc1ccc(CNS(=O)(=O)c2ccc([N+](=O)[O-])cc2)cc1OC. The van der Waals surface area contributed by atoms with Crippen LogP contribution in [-0.2, 0) is 16.6 Å². The second kappa shape index (κ2) is 9.33. The average Bonchev–Trinajstić information content (AvgIpc) is 2.67. The number of ether oxygens (including phenoxy) is 2. The van der Waals surface area contributed by atoms with Gasteiger partial charge in [0.25, 0.3) is 5.69 Å². The van der Waals surface area contributed by atoms with Gasteiger partial charge in [0.1, 0.15) is 0 Å². The van der Waals surface area contributed by atoms with Crippen LogP contribution in [0.3, 0.4) is 0 Å². The molecule has 0 saturated carbocycles. The molecular weight excluding hydrogens is 372 g/mol. The van der Waals surface area contributed by atoms with Gasteiger partial charge in [-0.3, -0.25) is 10.1 Å². The number of methoxy groups -OCH3 is 1. The molecule has 146 valence electrons. The quantitative estimate of drug-likeness (QED) is 0.376. The maximum absolute atomic E-state index is 12.3. The number of benzene rings is 2. The molecule has 27 heavy (non-hydrogen) atoms. The number of hydrogen-bond donors (Lipinski definition) is 1. The monoisotopic (exact) mass is 394 g/mol. The van der Waals surface area contributed by atoms with Crippen LogP contribution in [0.15, 0.2) is 47.4 Å². The average molecular weight is 394 g/mol. The lowest BCUT2D eigenvalue weighted by atomic mass is 10.2. The molecule has 0 saturated heterocycles. The number of nitro groups is 1. The molecule has 8 nitrogen and oxygen atoms in total. The van der Waals surface area contributed by atoms with Crippen molar-refractivity contribution in [3.63, 3.8) is 0 Å². The molecule has 0 aliphatic rings. The highest BCUT2D eigenvalue weighted by atomic mass is 32.2. The van der Waals surface area contributed by atoms with E-state index in [1.807, 2.05) is 0 Å². The van der Waals surface area contributed by atoms with Crippen LogP contribution in [0.4, 0.5) is 5.69 Å². The van der Waals surface area contributed by atoms with Crippen LogP contribution in [-0.4, -0.2) is 27.1 Å². The molecule has 2 rings (SSSR count). The minimum Gasteiger partial charge on any atom is -0.493 e. The minimum atomic E-state index is -3.79. The van der Waals surface area contributed by atoms with E-state index in [1.165, 1.54) is 19.2 Å². The number of nitro benzene ring substituents is 1. The van der Waals surface area contributed by atoms with Gasteiger partial charge in [-0.05, 0) is 36.2 Å². The Morgan fingerprint density at radius 2 is 1.81 bits per heavy atom. The molecule has 0 aromatic heterocycles. The number of rotatable bonds is 10. The fourth-order valence-electron chi connectivity index (χ4n) is 2.28. The summed E-state index contributed by atoms with van der Waals surface area (Å²) in [6.45, 7) is 2.70. The second-order valence-electron chi connectivity index (χ2n) is 5.76. The molecule has 0 heterocycles. The van der Waals surface area contributed by atoms with Crippen molar-refractivity contribution in [1.29, 1.82) is 0 Å². The summed E-state index contributed by atoms with van der Waals surface area (Å²) in [5, 5.41) is 10.7. The van der Waals surface area contributed by atoms with Crippen LogP contribution < -0.4 is 14.2 Å². The lowest BCUT2D eigenvalue weighted by Gasteiger charge is -2.12. The first-order valence-corrected chi connectivity index (χ1v) is 9.89. The first kappa shape index (κ1) is 20.7. The van der Waals surface area contributed by atoms with E-state index in [0.717, 1.165) is 25.0 Å². The lowest BCUT2D eigenvalue weighted by Crippen LogP contribution is -2.23. The normalized spacial score (nSPS) is 11.2. The molecule has 0 radical (unpaired) electrons. The first-order chi connectivity index (χ1) is 12.9. The van der Waals surface area contributed by atoms with Crippen molar-refractivity contribution in [2.45, 2.75) is 31.2 Å². The fourth-order valence-corrected chi connectivity index (χ4v) is 3.29. The molecule has 9 heteroatoms. The van der Waals surface area contributed by atoms with E-state index in [1.54, 1.807) is 18.2 Å². The molecular formula is C18H22N2O6S. The zero-order valence-corrected chi connectivity index (χ0v) is 16.0. The Labute approximate surface area is 158 Å². The summed E-state index contributed by atoms with van der Waals surface area (Å²) in [6.07, 6.45) is 1.95. The van der Waals surface area contributed by atoms with Crippen molar-refractivity contribution < 1.29 is 22.8 Å². The Kier molecular flexibility index (Phi) is 7.14. The zero-order valence-electron chi connectivity index (χ0n) is 15.2. The van der Waals surface area contributed by atoms with E-state index in [0.29, 0.717) is 23.7 Å². The Morgan fingerprint density at radius 1 is 1.11 bits per heavy atom. The summed E-state index contributed by atoms with van der Waals surface area (Å²) in [6, 6.07) is 9.91. The van der Waals surface area contributed by atoms with E-state index < -0.39 is 14.9 Å². The molecule has 0 atom stereocenters. The van der Waals surface area contributed by atoms with E-state index >= 15 is 0 Å². The highest BCUT2D eigenvalue weighted by Gasteiger charge is 2.16. The maximum Gasteiger partial charge on any atom is 0.269 e. The minimum absolute atomic E-state index is 0.0421. The van der Waals surface area contributed by atoms with Gasteiger partial charge in [-0.25, -0.2) is 13.1 Å².